The lowest BCUT2D eigenvalue weighted by molar-refractivity contribution is 0.304. The van der Waals surface area contributed by atoms with Crippen LogP contribution in [0.2, 0.25) is 0 Å². The molecule has 0 amide bonds. The van der Waals surface area contributed by atoms with Crippen molar-refractivity contribution in [2.75, 3.05) is 36.2 Å². The summed E-state index contributed by atoms with van der Waals surface area (Å²) in [5, 5.41) is 0. The van der Waals surface area contributed by atoms with E-state index in [1.807, 2.05) is 0 Å². The molecule has 0 saturated heterocycles. The standard InChI is InChI=1S/C58H66N2O4/c1-11-23-61-55-45-19-17-20-46(55)32-50-36-54(60-41(9)29-44(16-6)30-42(60)10)38-52(58(50)64-26-14-4)34-48-22-18-21-47(56(48)62-24-12-2)33-51-37-53(35-49(31-45)57(51)63-25-13-3)59-39(7)27-43(15-5)28-40(59)8/h17-22,27-30,35-38H,5-6,11-14,23-26,31-34H2,1-4,7-10H3. The van der Waals surface area contributed by atoms with E-state index in [1.165, 1.54) is 0 Å². The largest absolute Gasteiger partial charge is 0.493 e. The highest BCUT2D eigenvalue weighted by Crippen LogP contribution is 2.44. The summed E-state index contributed by atoms with van der Waals surface area (Å²) in [6.45, 7) is 27.6. The summed E-state index contributed by atoms with van der Waals surface area (Å²) in [6, 6.07) is 22.5. The van der Waals surface area contributed by atoms with Crippen molar-refractivity contribution >= 4 is 11.4 Å². The van der Waals surface area contributed by atoms with Crippen LogP contribution in [0.15, 0.2) is 144 Å². The predicted molar refractivity (Wildman–Crippen MR) is 265 cm³/mol. The molecular formula is C58H66N2O4. The molecule has 4 aromatic rings. The van der Waals surface area contributed by atoms with Crippen molar-refractivity contribution in [3.8, 4) is 23.0 Å². The maximum absolute atomic E-state index is 6.88. The first-order chi connectivity index (χ1) is 31.1. The molecule has 332 valence electrons. The molecule has 0 atom stereocenters. The number of hydrogen-bond donors (Lipinski definition) is 0. The smallest absolute Gasteiger partial charge is 0.126 e. The summed E-state index contributed by atoms with van der Waals surface area (Å²) < 4.78 is 27.5. The van der Waals surface area contributed by atoms with E-state index >= 15 is 0 Å². The minimum Gasteiger partial charge on any atom is -0.493 e. The van der Waals surface area contributed by atoms with Crippen LogP contribution < -0.4 is 28.7 Å². The Morgan fingerprint density at radius 1 is 0.422 bits per heavy atom. The van der Waals surface area contributed by atoms with E-state index in [1.54, 1.807) is 0 Å². The number of anilines is 2. The Kier molecular flexibility index (Phi) is 14.9. The van der Waals surface area contributed by atoms with Gasteiger partial charge in [-0.25, -0.2) is 0 Å². The van der Waals surface area contributed by atoms with Gasteiger partial charge in [-0.3, -0.25) is 0 Å². The lowest BCUT2D eigenvalue weighted by Crippen LogP contribution is -2.22. The van der Waals surface area contributed by atoms with Gasteiger partial charge in [-0.1, -0.05) is 77.3 Å². The maximum Gasteiger partial charge on any atom is 0.126 e. The van der Waals surface area contributed by atoms with Crippen LogP contribution in [-0.2, 0) is 25.7 Å². The third-order valence-corrected chi connectivity index (χ3v) is 11.9. The van der Waals surface area contributed by atoms with Gasteiger partial charge in [0, 0.05) is 93.2 Å². The fourth-order valence-electron chi connectivity index (χ4n) is 9.28. The van der Waals surface area contributed by atoms with E-state index in [4.69, 9.17) is 18.9 Å². The minimum absolute atomic E-state index is 0.607. The van der Waals surface area contributed by atoms with E-state index in [0.717, 1.165) is 138 Å². The summed E-state index contributed by atoms with van der Waals surface area (Å²) in [5.74, 6) is 3.71. The van der Waals surface area contributed by atoms with Crippen molar-refractivity contribution in [1.82, 2.24) is 0 Å². The Labute approximate surface area is 382 Å². The zero-order chi connectivity index (χ0) is 45.3. The van der Waals surface area contributed by atoms with Gasteiger partial charge in [-0.05, 0) is 124 Å². The lowest BCUT2D eigenvalue weighted by Gasteiger charge is -2.32. The number of para-hydroxylation sites is 2. The monoisotopic (exact) mass is 855 g/mol. The average Bonchev–Trinajstić information content (AvgIpc) is 3.27. The Bertz CT molecular complexity index is 2310. The minimum atomic E-state index is 0.607. The molecule has 4 aromatic carbocycles. The normalized spacial score (nSPS) is 14.8. The second kappa shape index (κ2) is 20.9. The van der Waals surface area contributed by atoms with Crippen LogP contribution in [0, 0.1) is 0 Å². The van der Waals surface area contributed by atoms with Gasteiger partial charge in [0.25, 0.3) is 0 Å². The Hall–Kier alpha value is -6.32. The summed E-state index contributed by atoms with van der Waals surface area (Å²) in [7, 11) is 0. The molecule has 0 N–H and O–H groups in total. The first kappa shape index (κ1) is 45.7. The van der Waals surface area contributed by atoms with Gasteiger partial charge in [0.05, 0.1) is 26.4 Å². The number of fused-ring (bicyclic) bond motifs is 8. The van der Waals surface area contributed by atoms with Crippen molar-refractivity contribution in [2.24, 2.45) is 0 Å². The number of rotatable bonds is 14. The summed E-state index contributed by atoms with van der Waals surface area (Å²) in [6.07, 6.45) is 14.6. The molecule has 0 unspecified atom stereocenters. The SMILES string of the molecule is C=C=C1C=C(C)N(c2cc3c(OCCC)c(c2)Cc2cccc(c2OCCC)Cc2cc(N4C(C)=CC(=C=C)C=C4C)cc(c2OCCC)Cc2cccc(c2OCCC)C3)C(C)=C1. The lowest BCUT2D eigenvalue weighted by atomic mass is 9.90. The van der Waals surface area contributed by atoms with Crippen LogP contribution in [0.4, 0.5) is 11.4 Å². The molecule has 3 aliphatic rings. The highest BCUT2D eigenvalue weighted by molar-refractivity contribution is 5.70. The van der Waals surface area contributed by atoms with E-state index in [-0.39, 0.29) is 0 Å². The second-order valence-corrected chi connectivity index (χ2v) is 17.2. The number of benzene rings is 4. The third kappa shape index (κ3) is 9.90. The van der Waals surface area contributed by atoms with E-state index in [9.17, 15) is 0 Å². The highest BCUT2D eigenvalue weighted by Gasteiger charge is 2.27. The fraction of sp³-hybridized carbons (Fsp3) is 0.345. The van der Waals surface area contributed by atoms with Gasteiger partial charge in [0.1, 0.15) is 23.0 Å². The molecule has 2 heterocycles. The van der Waals surface area contributed by atoms with Gasteiger partial charge >= 0.3 is 0 Å². The van der Waals surface area contributed by atoms with E-state index in [0.29, 0.717) is 52.1 Å². The molecule has 7 rings (SSSR count). The topological polar surface area (TPSA) is 43.4 Å². The third-order valence-electron chi connectivity index (χ3n) is 11.9. The molecule has 0 spiro atoms. The predicted octanol–water partition coefficient (Wildman–Crippen LogP) is 14.2. The van der Waals surface area contributed by atoms with Crippen LogP contribution in [0.1, 0.15) is 126 Å². The molecule has 0 aromatic heterocycles. The van der Waals surface area contributed by atoms with Crippen LogP contribution >= 0.6 is 0 Å². The number of hydrogen-bond acceptors (Lipinski definition) is 6. The molecular weight excluding hydrogens is 789 g/mol. The zero-order valence-electron chi connectivity index (χ0n) is 39.5. The summed E-state index contributed by atoms with van der Waals surface area (Å²) >= 11 is 0. The summed E-state index contributed by atoms with van der Waals surface area (Å²) in [5.41, 5.74) is 23.7. The van der Waals surface area contributed by atoms with Crippen molar-refractivity contribution in [1.29, 1.82) is 0 Å². The number of ether oxygens (including phenoxy) is 4. The first-order valence-corrected chi connectivity index (χ1v) is 23.3. The maximum atomic E-state index is 6.88. The average molecular weight is 855 g/mol. The summed E-state index contributed by atoms with van der Waals surface area (Å²) in [4.78, 5) is 4.66. The van der Waals surface area contributed by atoms with Crippen LogP contribution in [0.3, 0.4) is 0 Å². The molecule has 8 bridgehead atoms. The van der Waals surface area contributed by atoms with Crippen molar-refractivity contribution in [3.63, 3.8) is 0 Å². The Morgan fingerprint density at radius 3 is 0.906 bits per heavy atom. The molecule has 6 nitrogen and oxygen atoms in total. The first-order valence-electron chi connectivity index (χ1n) is 23.3. The highest BCUT2D eigenvalue weighted by atomic mass is 16.5. The van der Waals surface area contributed by atoms with Gasteiger partial charge in [0.2, 0.25) is 0 Å². The van der Waals surface area contributed by atoms with Crippen LogP contribution in [-0.4, -0.2) is 26.4 Å². The van der Waals surface area contributed by atoms with Crippen molar-refractivity contribution in [2.45, 2.75) is 107 Å². The fourth-order valence-corrected chi connectivity index (χ4v) is 9.28. The van der Waals surface area contributed by atoms with Crippen LogP contribution in [0.5, 0.6) is 23.0 Å². The number of allylic oxidation sites excluding steroid dienone is 10. The number of nitrogens with zero attached hydrogens (tertiary/aromatic N) is 2. The zero-order valence-corrected chi connectivity index (χ0v) is 39.5. The van der Waals surface area contributed by atoms with Gasteiger partial charge in [0.15, 0.2) is 0 Å². The van der Waals surface area contributed by atoms with Gasteiger partial charge in [-0.2, -0.15) is 0 Å². The molecule has 0 radical (unpaired) electrons. The van der Waals surface area contributed by atoms with Crippen LogP contribution in [0.25, 0.3) is 0 Å². The molecule has 64 heavy (non-hydrogen) atoms. The molecule has 0 fully saturated rings. The van der Waals surface area contributed by atoms with Crippen molar-refractivity contribution in [3.05, 3.63) is 188 Å². The van der Waals surface area contributed by atoms with Gasteiger partial charge in [-0.15, -0.1) is 11.5 Å². The second-order valence-electron chi connectivity index (χ2n) is 17.2. The molecule has 2 aliphatic heterocycles. The van der Waals surface area contributed by atoms with E-state index < -0.39 is 0 Å². The molecule has 1 aliphatic carbocycles. The van der Waals surface area contributed by atoms with E-state index in [2.05, 4.69) is 175 Å². The quantitative estimate of drug-likeness (QED) is 0.104. The Balaban J connectivity index is 1.53. The molecule has 0 saturated carbocycles. The molecule has 6 heteroatoms. The Morgan fingerprint density at radius 2 is 0.672 bits per heavy atom. The van der Waals surface area contributed by atoms with Gasteiger partial charge < -0.3 is 28.7 Å². The van der Waals surface area contributed by atoms with Crippen molar-refractivity contribution < 1.29 is 18.9 Å².